The van der Waals surface area contributed by atoms with Crippen LogP contribution < -0.4 is 10.6 Å². The Labute approximate surface area is 175 Å². The molecular weight excluding hydrogens is 364 g/mol. The van der Waals surface area contributed by atoms with Gasteiger partial charge in [0.1, 0.15) is 0 Å². The van der Waals surface area contributed by atoms with Crippen molar-refractivity contribution in [3.63, 3.8) is 0 Å². The first-order chi connectivity index (χ1) is 14.2. The van der Waals surface area contributed by atoms with Gasteiger partial charge in [-0.05, 0) is 42.2 Å². The zero-order valence-electron chi connectivity index (χ0n) is 18.0. The lowest BCUT2D eigenvalue weighted by atomic mass is 9.83. The minimum atomic E-state index is 0.267. The number of methoxy groups -OCH3 is 1. The number of likely N-dealkylation sites (tertiary alicyclic amines) is 1. The molecular formula is C23H36N4O2. The summed E-state index contributed by atoms with van der Waals surface area (Å²) in [5.74, 6) is 1.10. The maximum atomic E-state index is 12.0. The van der Waals surface area contributed by atoms with Crippen LogP contribution in [0.3, 0.4) is 0 Å². The molecule has 1 aliphatic heterocycles. The highest BCUT2D eigenvalue weighted by Gasteiger charge is 2.33. The minimum Gasteiger partial charge on any atom is -0.385 e. The maximum absolute atomic E-state index is 12.0. The van der Waals surface area contributed by atoms with Gasteiger partial charge < -0.3 is 20.3 Å². The number of amides is 1. The minimum absolute atomic E-state index is 0.267. The fourth-order valence-corrected chi connectivity index (χ4v) is 4.59. The Balaban J connectivity index is 1.55. The van der Waals surface area contributed by atoms with E-state index in [0.717, 1.165) is 38.5 Å². The molecule has 0 aromatic heterocycles. The Morgan fingerprint density at radius 2 is 1.93 bits per heavy atom. The van der Waals surface area contributed by atoms with Crippen molar-refractivity contribution in [3.05, 3.63) is 35.4 Å². The molecule has 1 aliphatic carbocycles. The van der Waals surface area contributed by atoms with Gasteiger partial charge in [0.05, 0.1) is 0 Å². The molecule has 1 saturated carbocycles. The summed E-state index contributed by atoms with van der Waals surface area (Å²) in [5.41, 5.74) is 2.74. The molecule has 6 heteroatoms. The molecule has 1 heterocycles. The van der Waals surface area contributed by atoms with Gasteiger partial charge in [0, 0.05) is 53.4 Å². The van der Waals surface area contributed by atoms with E-state index in [4.69, 9.17) is 4.74 Å². The van der Waals surface area contributed by atoms with Gasteiger partial charge in [0.25, 0.3) is 0 Å². The third-order valence-corrected chi connectivity index (χ3v) is 6.45. The maximum Gasteiger partial charge on any atom is 0.222 e. The van der Waals surface area contributed by atoms with Crippen molar-refractivity contribution < 1.29 is 9.53 Å². The number of hydrogen-bond acceptors (Lipinski definition) is 3. The van der Waals surface area contributed by atoms with E-state index >= 15 is 0 Å². The first kappa shape index (κ1) is 21.6. The first-order valence-corrected chi connectivity index (χ1v) is 10.9. The standard InChI is InChI=1S/C23H36N4O2/c1-24-22(26-18-23(13-15-29-2)11-5-6-12-23)25-16-19-8-3-4-9-20(19)17-27-14-7-10-21(27)28/h3-4,8-9H,5-7,10-18H2,1-2H3,(H2,24,25,26). The number of ether oxygens (including phenoxy) is 1. The van der Waals surface area contributed by atoms with Crippen LogP contribution in [0.4, 0.5) is 0 Å². The molecule has 0 spiro atoms. The van der Waals surface area contributed by atoms with Crippen LogP contribution in [0.2, 0.25) is 0 Å². The second kappa shape index (κ2) is 10.6. The van der Waals surface area contributed by atoms with Crippen molar-refractivity contribution in [2.24, 2.45) is 10.4 Å². The van der Waals surface area contributed by atoms with Gasteiger partial charge in [-0.1, -0.05) is 37.1 Å². The van der Waals surface area contributed by atoms with Crippen molar-refractivity contribution >= 4 is 11.9 Å². The zero-order valence-corrected chi connectivity index (χ0v) is 18.0. The second-order valence-electron chi connectivity index (χ2n) is 8.42. The molecule has 0 atom stereocenters. The largest absolute Gasteiger partial charge is 0.385 e. The Morgan fingerprint density at radius 1 is 1.17 bits per heavy atom. The predicted molar refractivity (Wildman–Crippen MR) is 117 cm³/mol. The van der Waals surface area contributed by atoms with Crippen LogP contribution >= 0.6 is 0 Å². The van der Waals surface area contributed by atoms with Crippen molar-refractivity contribution in [3.8, 4) is 0 Å². The van der Waals surface area contributed by atoms with E-state index in [0.29, 0.717) is 24.9 Å². The number of nitrogens with zero attached hydrogens (tertiary/aromatic N) is 2. The van der Waals surface area contributed by atoms with Crippen LogP contribution in [-0.4, -0.2) is 50.6 Å². The summed E-state index contributed by atoms with van der Waals surface area (Å²) in [5, 5.41) is 7.01. The van der Waals surface area contributed by atoms with Crippen LogP contribution in [-0.2, 0) is 22.6 Å². The molecule has 3 rings (SSSR count). The molecule has 0 radical (unpaired) electrons. The van der Waals surface area contributed by atoms with Gasteiger partial charge in [-0.25, -0.2) is 0 Å². The first-order valence-electron chi connectivity index (χ1n) is 10.9. The normalized spacial score (nSPS) is 19.0. The quantitative estimate of drug-likeness (QED) is 0.494. The van der Waals surface area contributed by atoms with E-state index in [-0.39, 0.29) is 5.91 Å². The Bertz CT molecular complexity index is 698. The number of carbonyl (C=O) groups excluding carboxylic acids is 1. The third-order valence-electron chi connectivity index (χ3n) is 6.45. The average Bonchev–Trinajstić information content (AvgIpc) is 3.37. The molecule has 160 valence electrons. The lowest BCUT2D eigenvalue weighted by Gasteiger charge is -2.30. The van der Waals surface area contributed by atoms with Crippen LogP contribution in [0.25, 0.3) is 0 Å². The summed E-state index contributed by atoms with van der Waals surface area (Å²) in [7, 11) is 3.60. The fourth-order valence-electron chi connectivity index (χ4n) is 4.59. The number of hydrogen-bond donors (Lipinski definition) is 2. The number of aliphatic imine (C=N–C) groups is 1. The van der Waals surface area contributed by atoms with Crippen LogP contribution in [0.5, 0.6) is 0 Å². The van der Waals surface area contributed by atoms with Crippen molar-refractivity contribution in [1.82, 2.24) is 15.5 Å². The Kier molecular flexibility index (Phi) is 7.92. The highest BCUT2D eigenvalue weighted by molar-refractivity contribution is 5.80. The summed E-state index contributed by atoms with van der Waals surface area (Å²) in [6.07, 6.45) is 7.88. The highest BCUT2D eigenvalue weighted by Crippen LogP contribution is 2.40. The molecule has 29 heavy (non-hydrogen) atoms. The number of benzene rings is 1. The number of carbonyl (C=O) groups is 1. The summed E-state index contributed by atoms with van der Waals surface area (Å²) in [4.78, 5) is 18.4. The molecule has 0 bridgehead atoms. The van der Waals surface area contributed by atoms with Crippen molar-refractivity contribution in [2.45, 2.75) is 58.0 Å². The predicted octanol–water partition coefficient (Wildman–Crippen LogP) is 3.07. The molecule has 1 aromatic rings. The second-order valence-corrected chi connectivity index (χ2v) is 8.42. The topological polar surface area (TPSA) is 66.0 Å². The molecule has 6 nitrogen and oxygen atoms in total. The Morgan fingerprint density at radius 3 is 2.59 bits per heavy atom. The van der Waals surface area contributed by atoms with E-state index in [1.54, 1.807) is 7.11 Å². The van der Waals surface area contributed by atoms with E-state index in [9.17, 15) is 4.79 Å². The Hall–Kier alpha value is -2.08. The van der Waals surface area contributed by atoms with Gasteiger partial charge in [-0.3, -0.25) is 9.79 Å². The van der Waals surface area contributed by atoms with Crippen molar-refractivity contribution in [1.29, 1.82) is 0 Å². The van der Waals surface area contributed by atoms with Gasteiger partial charge >= 0.3 is 0 Å². The van der Waals surface area contributed by atoms with Crippen LogP contribution in [0.15, 0.2) is 29.3 Å². The van der Waals surface area contributed by atoms with E-state index in [2.05, 4.69) is 33.8 Å². The lowest BCUT2D eigenvalue weighted by Crippen LogP contribution is -2.43. The summed E-state index contributed by atoms with van der Waals surface area (Å²) >= 11 is 0. The van der Waals surface area contributed by atoms with Crippen LogP contribution in [0, 0.1) is 5.41 Å². The molecule has 2 aliphatic rings. The lowest BCUT2D eigenvalue weighted by molar-refractivity contribution is -0.128. The average molecular weight is 401 g/mol. The molecule has 1 saturated heterocycles. The molecule has 2 fully saturated rings. The number of guanidine groups is 1. The molecule has 1 amide bonds. The van der Waals surface area contributed by atoms with Crippen LogP contribution in [0.1, 0.15) is 56.1 Å². The smallest absolute Gasteiger partial charge is 0.222 e. The summed E-state index contributed by atoms with van der Waals surface area (Å²) in [6, 6.07) is 8.36. The summed E-state index contributed by atoms with van der Waals surface area (Å²) < 4.78 is 5.34. The van der Waals surface area contributed by atoms with Crippen molar-refractivity contribution in [2.75, 3.05) is 33.9 Å². The molecule has 1 aromatic carbocycles. The third kappa shape index (κ3) is 5.95. The number of rotatable bonds is 9. The zero-order chi connectivity index (χ0) is 20.5. The van der Waals surface area contributed by atoms with E-state index in [1.807, 2.05) is 18.0 Å². The van der Waals surface area contributed by atoms with E-state index in [1.165, 1.54) is 36.8 Å². The monoisotopic (exact) mass is 400 g/mol. The van der Waals surface area contributed by atoms with Gasteiger partial charge in [0.15, 0.2) is 5.96 Å². The fraction of sp³-hybridized carbons (Fsp3) is 0.652. The highest BCUT2D eigenvalue weighted by atomic mass is 16.5. The summed E-state index contributed by atoms with van der Waals surface area (Å²) in [6.45, 7) is 4.01. The number of nitrogens with one attached hydrogen (secondary N) is 2. The molecule has 0 unspecified atom stereocenters. The van der Waals surface area contributed by atoms with E-state index < -0.39 is 0 Å². The molecule has 2 N–H and O–H groups in total. The SMILES string of the molecule is CN=C(NCc1ccccc1CN1CCCC1=O)NCC1(CCOC)CCCC1. The van der Waals surface area contributed by atoms with Gasteiger partial charge in [-0.2, -0.15) is 0 Å². The van der Waals surface area contributed by atoms with Gasteiger partial charge in [0.2, 0.25) is 5.91 Å². The van der Waals surface area contributed by atoms with Gasteiger partial charge in [-0.15, -0.1) is 0 Å².